The van der Waals surface area contributed by atoms with Crippen LogP contribution in [0.5, 0.6) is 0 Å². The smallest absolute Gasteiger partial charge is 0.115 e. The summed E-state index contributed by atoms with van der Waals surface area (Å²) in [5.41, 5.74) is 2.19. The molecule has 0 fully saturated rings. The van der Waals surface area contributed by atoms with Crippen LogP contribution in [-0.2, 0) is 0 Å². The minimum atomic E-state index is -0.485. The second-order valence-corrected chi connectivity index (χ2v) is 3.44. The molecule has 1 nitrogen and oxygen atoms in total. The van der Waals surface area contributed by atoms with Crippen molar-refractivity contribution in [1.82, 2.24) is 0 Å². The molecule has 0 amide bonds. The molecule has 0 aliphatic heterocycles. The maximum absolute atomic E-state index is 9.39. The van der Waals surface area contributed by atoms with Gasteiger partial charge in [-0.2, -0.15) is 0 Å². The minimum Gasteiger partial charge on any atom is -0.380 e. The van der Waals surface area contributed by atoms with Crippen LogP contribution in [0.2, 0.25) is 0 Å². The monoisotopic (exact) mass is 188 g/mol. The van der Waals surface area contributed by atoms with E-state index in [2.05, 4.69) is 11.8 Å². The maximum atomic E-state index is 9.39. The normalized spacial score (nSPS) is 11.6. The van der Waals surface area contributed by atoms with Gasteiger partial charge in [-0.15, -0.1) is 0 Å². The number of aliphatic hydroxyl groups excluding tert-OH is 1. The predicted octanol–water partition coefficient (Wildman–Crippen LogP) is 2.51. The van der Waals surface area contributed by atoms with Gasteiger partial charge in [0.25, 0.3) is 0 Å². The Morgan fingerprint density at radius 1 is 1.29 bits per heavy atom. The molecule has 1 aromatic rings. The number of rotatable bonds is 2. The molecule has 0 aliphatic rings. The van der Waals surface area contributed by atoms with Crippen molar-refractivity contribution in [1.29, 1.82) is 0 Å². The highest BCUT2D eigenvalue weighted by Crippen LogP contribution is 2.01. The van der Waals surface area contributed by atoms with Crippen molar-refractivity contribution in [2.75, 3.05) is 0 Å². The predicted molar refractivity (Wildman–Crippen MR) is 59.0 cm³/mol. The number of aliphatic hydroxyl groups is 1. The van der Waals surface area contributed by atoms with Gasteiger partial charge in [0.1, 0.15) is 6.10 Å². The molecule has 1 N–H and O–H groups in total. The molecule has 1 atom stereocenters. The zero-order chi connectivity index (χ0) is 10.4. The van der Waals surface area contributed by atoms with Crippen molar-refractivity contribution >= 4 is 0 Å². The summed E-state index contributed by atoms with van der Waals surface area (Å²) in [7, 11) is 0. The maximum Gasteiger partial charge on any atom is 0.115 e. The van der Waals surface area contributed by atoms with Gasteiger partial charge >= 0.3 is 0 Å². The molecule has 0 aliphatic carbocycles. The van der Waals surface area contributed by atoms with Gasteiger partial charge in [0.15, 0.2) is 0 Å². The highest BCUT2D eigenvalue weighted by molar-refractivity contribution is 5.36. The van der Waals surface area contributed by atoms with E-state index in [4.69, 9.17) is 0 Å². The summed E-state index contributed by atoms with van der Waals surface area (Å²) in [4.78, 5) is 0. The van der Waals surface area contributed by atoms with Gasteiger partial charge < -0.3 is 5.11 Å². The topological polar surface area (TPSA) is 20.2 Å². The van der Waals surface area contributed by atoms with Crippen LogP contribution < -0.4 is 0 Å². The largest absolute Gasteiger partial charge is 0.380 e. The van der Waals surface area contributed by atoms with E-state index < -0.39 is 6.10 Å². The Bertz CT molecular complexity index is 326. The van der Waals surface area contributed by atoms with Crippen LogP contribution in [0.25, 0.3) is 0 Å². The van der Waals surface area contributed by atoms with E-state index in [0.717, 1.165) is 18.4 Å². The van der Waals surface area contributed by atoms with Crippen LogP contribution >= 0.6 is 0 Å². The van der Waals surface area contributed by atoms with Crippen molar-refractivity contribution in [2.45, 2.75) is 32.8 Å². The molecule has 0 saturated heterocycles. The summed E-state index contributed by atoms with van der Waals surface area (Å²) in [5, 5.41) is 9.39. The lowest BCUT2D eigenvalue weighted by atomic mass is 10.1. The van der Waals surface area contributed by atoms with Crippen LogP contribution in [0.1, 0.15) is 30.9 Å². The Morgan fingerprint density at radius 2 is 1.93 bits per heavy atom. The molecule has 0 radical (unpaired) electrons. The Labute approximate surface area is 85.8 Å². The molecular formula is C13H16O. The molecule has 0 spiro atoms. The van der Waals surface area contributed by atoms with E-state index in [1.165, 1.54) is 5.56 Å². The first-order valence-corrected chi connectivity index (χ1v) is 4.98. The lowest BCUT2D eigenvalue weighted by Gasteiger charge is -1.98. The molecule has 0 aromatic heterocycles. The van der Waals surface area contributed by atoms with Crippen LogP contribution in [0, 0.1) is 18.8 Å². The lowest BCUT2D eigenvalue weighted by molar-refractivity contribution is 0.221. The third kappa shape index (κ3) is 3.64. The second kappa shape index (κ2) is 5.47. The van der Waals surface area contributed by atoms with E-state index in [-0.39, 0.29) is 0 Å². The number of hydrogen-bond acceptors (Lipinski definition) is 1. The fraction of sp³-hybridized carbons (Fsp3) is 0.385. The molecular weight excluding hydrogens is 172 g/mol. The third-order valence-corrected chi connectivity index (χ3v) is 2.00. The Balaban J connectivity index is 2.63. The first-order chi connectivity index (χ1) is 6.72. The molecule has 1 heteroatoms. The van der Waals surface area contributed by atoms with Gasteiger partial charge in [-0.3, -0.25) is 0 Å². The molecule has 0 bridgehead atoms. The average molecular weight is 188 g/mol. The molecule has 1 aromatic carbocycles. The zero-order valence-corrected chi connectivity index (χ0v) is 8.75. The van der Waals surface area contributed by atoms with Gasteiger partial charge in [0.05, 0.1) is 0 Å². The summed E-state index contributed by atoms with van der Waals surface area (Å²) in [6, 6.07) is 7.99. The van der Waals surface area contributed by atoms with E-state index in [9.17, 15) is 5.11 Å². The van der Waals surface area contributed by atoms with Gasteiger partial charge in [0.2, 0.25) is 0 Å². The first kappa shape index (κ1) is 10.8. The summed E-state index contributed by atoms with van der Waals surface area (Å²) in [6.07, 6.45) is 1.23. The quantitative estimate of drug-likeness (QED) is 0.707. The van der Waals surface area contributed by atoms with Crippen LogP contribution in [-0.4, -0.2) is 11.2 Å². The Kier molecular flexibility index (Phi) is 4.22. The van der Waals surface area contributed by atoms with E-state index >= 15 is 0 Å². The molecule has 74 valence electrons. The molecule has 0 heterocycles. The molecule has 14 heavy (non-hydrogen) atoms. The first-order valence-electron chi connectivity index (χ1n) is 4.98. The summed E-state index contributed by atoms with van der Waals surface area (Å²) >= 11 is 0. The molecule has 0 saturated carbocycles. The van der Waals surface area contributed by atoms with Crippen molar-refractivity contribution < 1.29 is 5.11 Å². The van der Waals surface area contributed by atoms with Crippen LogP contribution in [0.3, 0.4) is 0 Å². The standard InChI is InChI=1S/C13H16O/c1-3-4-13(14)10-9-12-7-5-11(2)6-8-12/h5-8,13-14H,3-4H2,1-2H3. The fourth-order valence-electron chi connectivity index (χ4n) is 1.15. The SMILES string of the molecule is CCCC(O)C#Cc1ccc(C)cc1. The minimum absolute atomic E-state index is 0.485. The zero-order valence-electron chi connectivity index (χ0n) is 8.75. The van der Waals surface area contributed by atoms with E-state index in [1.807, 2.05) is 38.1 Å². The highest BCUT2D eigenvalue weighted by Gasteiger charge is 1.94. The summed E-state index contributed by atoms with van der Waals surface area (Å²) in [5.74, 6) is 5.78. The fourth-order valence-corrected chi connectivity index (χ4v) is 1.15. The van der Waals surface area contributed by atoms with Gasteiger partial charge in [-0.1, -0.05) is 42.9 Å². The van der Waals surface area contributed by atoms with Crippen LogP contribution in [0.4, 0.5) is 0 Å². The second-order valence-electron chi connectivity index (χ2n) is 3.44. The average Bonchev–Trinajstić information content (AvgIpc) is 2.17. The number of benzene rings is 1. The van der Waals surface area contributed by atoms with Crippen molar-refractivity contribution in [2.24, 2.45) is 0 Å². The van der Waals surface area contributed by atoms with Gasteiger partial charge in [-0.25, -0.2) is 0 Å². The Hall–Kier alpha value is -1.26. The Morgan fingerprint density at radius 3 is 2.50 bits per heavy atom. The van der Waals surface area contributed by atoms with Crippen molar-refractivity contribution in [3.05, 3.63) is 35.4 Å². The number of hydrogen-bond donors (Lipinski definition) is 1. The highest BCUT2D eigenvalue weighted by atomic mass is 16.3. The lowest BCUT2D eigenvalue weighted by Crippen LogP contribution is -2.00. The van der Waals surface area contributed by atoms with E-state index in [1.54, 1.807) is 0 Å². The molecule has 1 rings (SSSR count). The van der Waals surface area contributed by atoms with Gasteiger partial charge in [0, 0.05) is 5.56 Å². The third-order valence-electron chi connectivity index (χ3n) is 2.00. The number of aryl methyl sites for hydroxylation is 1. The van der Waals surface area contributed by atoms with E-state index in [0.29, 0.717) is 0 Å². The summed E-state index contributed by atoms with van der Waals surface area (Å²) < 4.78 is 0. The van der Waals surface area contributed by atoms with Crippen molar-refractivity contribution in [3.63, 3.8) is 0 Å². The van der Waals surface area contributed by atoms with Crippen LogP contribution in [0.15, 0.2) is 24.3 Å². The summed E-state index contributed by atoms with van der Waals surface area (Å²) in [6.45, 7) is 4.08. The van der Waals surface area contributed by atoms with Crippen molar-refractivity contribution in [3.8, 4) is 11.8 Å². The van der Waals surface area contributed by atoms with Gasteiger partial charge in [-0.05, 0) is 25.5 Å². The molecule has 1 unspecified atom stereocenters.